The van der Waals surface area contributed by atoms with Gasteiger partial charge in [0, 0.05) is 30.1 Å². The summed E-state index contributed by atoms with van der Waals surface area (Å²) in [5, 5.41) is 2.83. The Morgan fingerprint density at radius 2 is 2.00 bits per heavy atom. The van der Waals surface area contributed by atoms with Gasteiger partial charge in [-0.15, -0.1) is 5.01 Å². The minimum absolute atomic E-state index is 0.163. The van der Waals surface area contributed by atoms with Crippen LogP contribution in [0.25, 0.3) is 0 Å². The largest absolute Gasteiger partial charge is 0.278 e. The van der Waals surface area contributed by atoms with Crippen LogP contribution in [-0.4, -0.2) is 40.9 Å². The molecule has 23 heavy (non-hydrogen) atoms. The summed E-state index contributed by atoms with van der Waals surface area (Å²) in [6, 6.07) is 16.3. The molecule has 116 valence electrons. The molecular formula is C18H18ClN4+. The number of hydrogen-bond acceptors (Lipinski definition) is 3. The summed E-state index contributed by atoms with van der Waals surface area (Å²) in [4.78, 5) is 4.92. The summed E-state index contributed by atoms with van der Waals surface area (Å²) in [5.74, 6) is 1.10. The summed E-state index contributed by atoms with van der Waals surface area (Å²) in [6.07, 6.45) is 0.163. The number of rotatable bonds is 1. The van der Waals surface area contributed by atoms with Crippen molar-refractivity contribution in [3.8, 4) is 0 Å². The van der Waals surface area contributed by atoms with Crippen LogP contribution < -0.4 is 5.43 Å². The van der Waals surface area contributed by atoms with E-state index < -0.39 is 0 Å². The van der Waals surface area contributed by atoms with Gasteiger partial charge in [0.25, 0.3) is 5.84 Å². The molecule has 5 heteroatoms. The average molecular weight is 326 g/mol. The third kappa shape index (κ3) is 2.35. The highest BCUT2D eigenvalue weighted by Gasteiger charge is 2.38. The number of likely N-dealkylation sites (N-methyl/N-ethyl adjacent to an activating group) is 1. The zero-order valence-corrected chi connectivity index (χ0v) is 13.9. The first kappa shape index (κ1) is 14.4. The van der Waals surface area contributed by atoms with Crippen molar-refractivity contribution in [2.24, 2.45) is 4.99 Å². The summed E-state index contributed by atoms with van der Waals surface area (Å²) < 4.78 is 2.30. The molecule has 0 aromatic heterocycles. The van der Waals surface area contributed by atoms with Gasteiger partial charge in [-0.1, -0.05) is 41.9 Å². The smallest absolute Gasteiger partial charge is 0.266 e. The monoisotopic (exact) mass is 325 g/mol. The lowest BCUT2D eigenvalue weighted by Gasteiger charge is -2.14. The number of aliphatic imine (C=N–C) groups is 1. The SMILES string of the molecule is CC1=[N+]2c3ccc(Cl)cc3C(c3ccccc3)=NCC2N(C)N1. The Bertz CT molecular complexity index is 826. The molecule has 2 aliphatic rings. The fraction of sp³-hybridized carbons (Fsp3) is 0.222. The van der Waals surface area contributed by atoms with Crippen molar-refractivity contribution in [1.29, 1.82) is 0 Å². The van der Waals surface area contributed by atoms with E-state index >= 15 is 0 Å². The Labute approximate surface area is 140 Å². The van der Waals surface area contributed by atoms with Crippen LogP contribution in [-0.2, 0) is 0 Å². The Balaban J connectivity index is 1.97. The number of fused-ring (bicyclic) bond motifs is 3. The molecule has 0 fully saturated rings. The van der Waals surface area contributed by atoms with E-state index in [-0.39, 0.29) is 6.17 Å². The van der Waals surface area contributed by atoms with E-state index in [2.05, 4.69) is 40.1 Å². The first-order valence-corrected chi connectivity index (χ1v) is 8.05. The van der Waals surface area contributed by atoms with E-state index in [4.69, 9.17) is 16.6 Å². The normalized spacial score (nSPS) is 20.5. The highest BCUT2D eigenvalue weighted by atomic mass is 35.5. The second-order valence-corrected chi connectivity index (χ2v) is 6.31. The van der Waals surface area contributed by atoms with Crippen LogP contribution in [0.3, 0.4) is 0 Å². The quantitative estimate of drug-likeness (QED) is 0.817. The predicted octanol–water partition coefficient (Wildman–Crippen LogP) is 3.03. The van der Waals surface area contributed by atoms with Crippen LogP contribution in [0.5, 0.6) is 0 Å². The second-order valence-electron chi connectivity index (χ2n) is 5.88. The maximum Gasteiger partial charge on any atom is 0.266 e. The molecule has 0 bridgehead atoms. The number of benzene rings is 2. The molecule has 0 saturated carbocycles. The maximum atomic E-state index is 6.28. The summed E-state index contributed by atoms with van der Waals surface area (Å²) >= 11 is 6.28. The molecule has 2 aromatic carbocycles. The average Bonchev–Trinajstić information content (AvgIpc) is 2.74. The van der Waals surface area contributed by atoms with Crippen LogP contribution in [0, 0.1) is 0 Å². The Kier molecular flexibility index (Phi) is 3.43. The first-order chi connectivity index (χ1) is 11.1. The van der Waals surface area contributed by atoms with Crippen molar-refractivity contribution in [3.63, 3.8) is 0 Å². The van der Waals surface area contributed by atoms with E-state index in [1.165, 1.54) is 0 Å². The molecule has 4 rings (SSSR count). The van der Waals surface area contributed by atoms with Crippen LogP contribution in [0.2, 0.25) is 5.02 Å². The fourth-order valence-electron chi connectivity index (χ4n) is 3.33. The zero-order valence-electron chi connectivity index (χ0n) is 13.1. The van der Waals surface area contributed by atoms with Crippen LogP contribution >= 0.6 is 11.6 Å². The van der Waals surface area contributed by atoms with Gasteiger partial charge in [-0.05, 0) is 18.2 Å². The molecule has 0 radical (unpaired) electrons. The van der Waals surface area contributed by atoms with Gasteiger partial charge < -0.3 is 0 Å². The fourth-order valence-corrected chi connectivity index (χ4v) is 3.51. The molecule has 0 aliphatic carbocycles. The van der Waals surface area contributed by atoms with E-state index in [1.807, 2.05) is 37.4 Å². The van der Waals surface area contributed by atoms with Gasteiger partial charge in [0.15, 0.2) is 0 Å². The van der Waals surface area contributed by atoms with Gasteiger partial charge >= 0.3 is 0 Å². The zero-order chi connectivity index (χ0) is 16.0. The highest BCUT2D eigenvalue weighted by molar-refractivity contribution is 6.31. The number of amidine groups is 1. The van der Waals surface area contributed by atoms with Gasteiger partial charge in [-0.2, -0.15) is 5.43 Å². The Morgan fingerprint density at radius 1 is 1.22 bits per heavy atom. The van der Waals surface area contributed by atoms with Gasteiger partial charge in [0.2, 0.25) is 6.17 Å². The third-order valence-electron chi connectivity index (χ3n) is 4.38. The van der Waals surface area contributed by atoms with Gasteiger partial charge in [0.05, 0.1) is 12.3 Å². The molecule has 1 atom stereocenters. The molecule has 2 aromatic rings. The standard InChI is InChI=1S/C18H17ClN4/c1-12-21-22(2)17-11-20-18(13-6-4-3-5-7-13)15-10-14(19)8-9-16(15)23(12)17/h3-10,17H,11H2,1-2H3/p+1. The van der Waals surface area contributed by atoms with Crippen molar-refractivity contribution in [3.05, 3.63) is 64.7 Å². The lowest BCUT2D eigenvalue weighted by atomic mass is 10.0. The summed E-state index contributed by atoms with van der Waals surface area (Å²) in [5.41, 5.74) is 7.69. The van der Waals surface area contributed by atoms with Crippen LogP contribution in [0.15, 0.2) is 53.5 Å². The highest BCUT2D eigenvalue weighted by Crippen LogP contribution is 2.31. The van der Waals surface area contributed by atoms with Crippen molar-refractivity contribution in [2.45, 2.75) is 13.1 Å². The lowest BCUT2D eigenvalue weighted by Crippen LogP contribution is -2.40. The van der Waals surface area contributed by atoms with E-state index in [1.54, 1.807) is 0 Å². The maximum absolute atomic E-state index is 6.28. The van der Waals surface area contributed by atoms with Gasteiger partial charge in [-0.3, -0.25) is 4.99 Å². The van der Waals surface area contributed by atoms with E-state index in [0.29, 0.717) is 6.54 Å². The molecule has 0 saturated heterocycles. The molecule has 2 heterocycles. The topological polar surface area (TPSA) is 30.6 Å². The third-order valence-corrected chi connectivity index (χ3v) is 4.61. The molecule has 1 unspecified atom stereocenters. The first-order valence-electron chi connectivity index (χ1n) is 7.67. The van der Waals surface area contributed by atoms with Crippen molar-refractivity contribution < 1.29 is 4.58 Å². The Hall–Kier alpha value is -2.17. The van der Waals surface area contributed by atoms with Crippen LogP contribution in [0.4, 0.5) is 5.69 Å². The van der Waals surface area contributed by atoms with E-state index in [0.717, 1.165) is 33.4 Å². The molecule has 1 N–H and O–H groups in total. The Morgan fingerprint density at radius 3 is 2.78 bits per heavy atom. The second kappa shape index (κ2) is 5.48. The molecular weight excluding hydrogens is 308 g/mol. The number of hydrogen-bond donors (Lipinski definition) is 1. The number of halogens is 1. The summed E-state index contributed by atoms with van der Waals surface area (Å²) in [7, 11) is 2.05. The molecule has 2 aliphatic heterocycles. The minimum Gasteiger partial charge on any atom is -0.278 e. The minimum atomic E-state index is 0.163. The number of hydrazine groups is 1. The van der Waals surface area contributed by atoms with Crippen molar-refractivity contribution >= 4 is 28.8 Å². The number of nitrogens with one attached hydrogen (secondary N) is 1. The lowest BCUT2D eigenvalue weighted by molar-refractivity contribution is -0.495. The number of nitrogens with zero attached hydrogens (tertiary/aromatic N) is 3. The van der Waals surface area contributed by atoms with Crippen molar-refractivity contribution in [1.82, 2.24) is 10.4 Å². The van der Waals surface area contributed by atoms with Crippen molar-refractivity contribution in [2.75, 3.05) is 13.6 Å². The van der Waals surface area contributed by atoms with Crippen LogP contribution in [0.1, 0.15) is 18.1 Å². The van der Waals surface area contributed by atoms with Gasteiger partial charge in [-0.25, -0.2) is 4.58 Å². The summed E-state index contributed by atoms with van der Waals surface area (Å²) in [6.45, 7) is 2.78. The molecule has 4 nitrogen and oxygen atoms in total. The van der Waals surface area contributed by atoms with Gasteiger partial charge in [0.1, 0.15) is 5.69 Å². The predicted molar refractivity (Wildman–Crippen MR) is 93.7 cm³/mol. The van der Waals surface area contributed by atoms with E-state index in [9.17, 15) is 0 Å². The molecule has 0 spiro atoms. The molecule has 0 amide bonds.